The molecule has 0 aromatic rings. The second-order valence-corrected chi connectivity index (χ2v) is 8.47. The Morgan fingerprint density at radius 2 is 1.83 bits per heavy atom. The topological polar surface area (TPSA) is 93.9 Å². The number of ether oxygens (including phenoxy) is 2. The Kier molecular flexibility index (Phi) is 3.88. The smallest absolute Gasteiger partial charge is 0.410 e. The van der Waals surface area contributed by atoms with Crippen LogP contribution in [0.5, 0.6) is 0 Å². The van der Waals surface area contributed by atoms with Crippen molar-refractivity contribution >= 4 is 12.0 Å². The third-order valence-corrected chi connectivity index (χ3v) is 5.79. The predicted molar refractivity (Wildman–Crippen MR) is 88.4 cm³/mol. The molecular weight excluding hydrogens is 310 g/mol. The number of likely N-dealkylation sites (tertiary alicyclic amines) is 1. The summed E-state index contributed by atoms with van der Waals surface area (Å²) >= 11 is 0. The van der Waals surface area contributed by atoms with Crippen LogP contribution in [0.2, 0.25) is 0 Å². The highest BCUT2D eigenvalue weighted by molar-refractivity contribution is 5.86. The number of carbonyl (C=O) groups excluding carboxylic acids is 2. The van der Waals surface area contributed by atoms with Crippen molar-refractivity contribution in [1.82, 2.24) is 10.2 Å². The lowest BCUT2D eigenvalue weighted by molar-refractivity contribution is -0.141. The standard InChI is InChI=1S/C17H29N3O4/c1-14(2,3)23-13(22)20-7-5-17(6-8-20)16(12(21)19-4)9-15(10-16,11-18)24-17/h5-11,18H2,1-4H3,(H,19,21). The van der Waals surface area contributed by atoms with Crippen LogP contribution in [0, 0.1) is 5.41 Å². The summed E-state index contributed by atoms with van der Waals surface area (Å²) in [5, 5.41) is 2.80. The summed E-state index contributed by atoms with van der Waals surface area (Å²) in [5.41, 5.74) is 4.02. The Balaban J connectivity index is 1.73. The highest BCUT2D eigenvalue weighted by Gasteiger charge is 2.77. The number of hydrogen-bond acceptors (Lipinski definition) is 5. The van der Waals surface area contributed by atoms with Gasteiger partial charge in [0.2, 0.25) is 5.91 Å². The van der Waals surface area contributed by atoms with E-state index in [1.54, 1.807) is 11.9 Å². The van der Waals surface area contributed by atoms with Crippen LogP contribution in [0.15, 0.2) is 0 Å². The third-order valence-electron chi connectivity index (χ3n) is 5.79. The van der Waals surface area contributed by atoms with Gasteiger partial charge >= 0.3 is 6.09 Å². The van der Waals surface area contributed by atoms with Crippen LogP contribution >= 0.6 is 0 Å². The number of hydrogen-bond donors (Lipinski definition) is 2. The number of nitrogens with one attached hydrogen (secondary N) is 1. The largest absolute Gasteiger partial charge is 0.444 e. The number of piperidine rings is 1. The van der Waals surface area contributed by atoms with E-state index in [0.717, 1.165) is 0 Å². The lowest BCUT2D eigenvalue weighted by atomic mass is 9.53. The summed E-state index contributed by atoms with van der Waals surface area (Å²) in [4.78, 5) is 26.5. The quantitative estimate of drug-likeness (QED) is 0.783. The first kappa shape index (κ1) is 17.5. The van der Waals surface area contributed by atoms with Gasteiger partial charge in [0.25, 0.3) is 0 Å². The zero-order valence-corrected chi connectivity index (χ0v) is 15.1. The molecule has 24 heavy (non-hydrogen) atoms. The minimum absolute atomic E-state index is 0.0368. The van der Waals surface area contributed by atoms with Gasteiger partial charge in [-0.25, -0.2) is 4.79 Å². The van der Waals surface area contributed by atoms with E-state index in [1.807, 2.05) is 20.8 Å². The average molecular weight is 339 g/mol. The van der Waals surface area contributed by atoms with Gasteiger partial charge in [0, 0.05) is 26.7 Å². The van der Waals surface area contributed by atoms with Crippen LogP contribution in [0.25, 0.3) is 0 Å². The van der Waals surface area contributed by atoms with E-state index in [9.17, 15) is 9.59 Å². The van der Waals surface area contributed by atoms with Gasteiger partial charge in [0.05, 0.1) is 16.6 Å². The van der Waals surface area contributed by atoms with Crippen molar-refractivity contribution in [3.63, 3.8) is 0 Å². The number of nitrogens with zero attached hydrogens (tertiary/aromatic N) is 1. The Labute approximate surface area is 143 Å². The average Bonchev–Trinajstić information content (AvgIpc) is 2.90. The van der Waals surface area contributed by atoms with Crippen LogP contribution < -0.4 is 11.1 Å². The fourth-order valence-electron chi connectivity index (χ4n) is 4.70. The number of nitrogens with two attached hydrogens (primary N) is 1. The Morgan fingerprint density at radius 1 is 1.25 bits per heavy atom. The number of amides is 2. The van der Waals surface area contributed by atoms with Crippen LogP contribution in [0.1, 0.15) is 46.5 Å². The molecule has 0 radical (unpaired) electrons. The molecule has 1 aliphatic carbocycles. The summed E-state index contributed by atoms with van der Waals surface area (Å²) in [7, 11) is 1.67. The molecule has 3 heterocycles. The summed E-state index contributed by atoms with van der Waals surface area (Å²) in [6, 6.07) is 0. The molecule has 0 atom stereocenters. The van der Waals surface area contributed by atoms with Crippen LogP contribution in [-0.2, 0) is 14.3 Å². The minimum Gasteiger partial charge on any atom is -0.444 e. The van der Waals surface area contributed by atoms with Crippen LogP contribution in [0.4, 0.5) is 4.79 Å². The van der Waals surface area contributed by atoms with Gasteiger partial charge < -0.3 is 25.4 Å². The van der Waals surface area contributed by atoms with Crippen molar-refractivity contribution in [2.45, 2.75) is 63.3 Å². The second-order valence-electron chi connectivity index (χ2n) is 8.47. The van der Waals surface area contributed by atoms with Crippen molar-refractivity contribution < 1.29 is 19.1 Å². The molecular formula is C17H29N3O4. The van der Waals surface area contributed by atoms with Gasteiger partial charge in [0.1, 0.15) is 5.60 Å². The maximum absolute atomic E-state index is 12.6. The molecule has 3 N–H and O–H groups in total. The maximum atomic E-state index is 12.6. The molecule has 0 aromatic carbocycles. The molecule has 1 saturated carbocycles. The Morgan fingerprint density at radius 3 is 2.29 bits per heavy atom. The van der Waals surface area contributed by atoms with E-state index < -0.39 is 16.6 Å². The van der Waals surface area contributed by atoms with Crippen LogP contribution in [-0.4, -0.2) is 60.4 Å². The van der Waals surface area contributed by atoms with E-state index in [-0.39, 0.29) is 17.6 Å². The van der Waals surface area contributed by atoms with E-state index in [0.29, 0.717) is 45.3 Å². The monoisotopic (exact) mass is 339 g/mol. The van der Waals surface area contributed by atoms with Gasteiger partial charge in [-0.05, 0) is 46.5 Å². The van der Waals surface area contributed by atoms with Gasteiger partial charge in [-0.15, -0.1) is 0 Å². The first-order chi connectivity index (χ1) is 11.1. The molecule has 136 valence electrons. The molecule has 2 bridgehead atoms. The van der Waals surface area contributed by atoms with Crippen molar-refractivity contribution in [1.29, 1.82) is 0 Å². The fraction of sp³-hybridized carbons (Fsp3) is 0.882. The van der Waals surface area contributed by atoms with Gasteiger partial charge in [0.15, 0.2) is 0 Å². The SMILES string of the molecule is CNC(=O)C12CC(CN)(C1)OC21CCN(C(=O)OC(C)(C)C)CC1. The highest BCUT2D eigenvalue weighted by Crippen LogP contribution is 2.69. The summed E-state index contributed by atoms with van der Waals surface area (Å²) in [6.07, 6.45) is 2.35. The molecule has 3 saturated heterocycles. The Hall–Kier alpha value is -1.34. The zero-order chi connectivity index (χ0) is 17.8. The van der Waals surface area contributed by atoms with E-state index in [1.165, 1.54) is 0 Å². The highest BCUT2D eigenvalue weighted by atomic mass is 16.6. The molecule has 3 aliphatic heterocycles. The molecule has 2 amide bonds. The van der Waals surface area contributed by atoms with Crippen molar-refractivity contribution in [3.8, 4) is 0 Å². The minimum atomic E-state index is -0.509. The number of carbonyl (C=O) groups is 2. The van der Waals surface area contributed by atoms with Crippen LogP contribution in [0.3, 0.4) is 0 Å². The summed E-state index contributed by atoms with van der Waals surface area (Å²) in [5.74, 6) is 0.0368. The summed E-state index contributed by atoms with van der Waals surface area (Å²) < 4.78 is 11.8. The maximum Gasteiger partial charge on any atom is 0.410 e. The van der Waals surface area contributed by atoms with Crippen molar-refractivity contribution in [2.24, 2.45) is 11.1 Å². The van der Waals surface area contributed by atoms with E-state index >= 15 is 0 Å². The predicted octanol–water partition coefficient (Wildman–Crippen LogP) is 1.01. The lowest BCUT2D eigenvalue weighted by Gasteiger charge is -2.48. The normalized spacial score (nSPS) is 34.0. The van der Waals surface area contributed by atoms with Gasteiger partial charge in [-0.1, -0.05) is 0 Å². The number of rotatable bonds is 2. The van der Waals surface area contributed by atoms with Crippen molar-refractivity contribution in [2.75, 3.05) is 26.7 Å². The summed E-state index contributed by atoms with van der Waals surface area (Å²) in [6.45, 7) is 7.08. The van der Waals surface area contributed by atoms with Crippen molar-refractivity contribution in [3.05, 3.63) is 0 Å². The molecule has 4 aliphatic rings. The fourth-order valence-corrected chi connectivity index (χ4v) is 4.70. The second kappa shape index (κ2) is 5.33. The van der Waals surface area contributed by atoms with E-state index in [4.69, 9.17) is 15.2 Å². The Bertz CT molecular complexity index is 541. The zero-order valence-electron chi connectivity index (χ0n) is 15.1. The lowest BCUT2D eigenvalue weighted by Crippen LogP contribution is -2.61. The molecule has 7 nitrogen and oxygen atoms in total. The van der Waals surface area contributed by atoms with Gasteiger partial charge in [-0.3, -0.25) is 4.79 Å². The molecule has 4 fully saturated rings. The third kappa shape index (κ3) is 2.40. The molecule has 1 spiro atoms. The van der Waals surface area contributed by atoms with E-state index in [2.05, 4.69) is 5.32 Å². The van der Waals surface area contributed by atoms with Gasteiger partial charge in [-0.2, -0.15) is 0 Å². The molecule has 7 heteroatoms. The first-order valence-electron chi connectivity index (χ1n) is 8.71. The molecule has 0 aromatic heterocycles. The first-order valence-corrected chi connectivity index (χ1v) is 8.71. The molecule has 0 unspecified atom stereocenters. The molecule has 4 rings (SSSR count).